The van der Waals surface area contributed by atoms with Gasteiger partial charge in [-0.15, -0.1) is 0 Å². The second-order valence-electron chi connectivity index (χ2n) is 5.39. The largest absolute Gasteiger partial charge is 0.478 e. The first-order chi connectivity index (χ1) is 9.47. The number of rotatable bonds is 4. The monoisotopic (exact) mass is 278 g/mol. The van der Waals surface area contributed by atoms with Crippen molar-refractivity contribution in [2.45, 2.75) is 6.04 Å². The lowest BCUT2D eigenvalue weighted by atomic mass is 10.1. The average molecular weight is 278 g/mol. The Kier molecular flexibility index (Phi) is 4.46. The molecule has 110 valence electrons. The number of aromatic carboxylic acids is 1. The van der Waals surface area contributed by atoms with E-state index in [-0.39, 0.29) is 5.56 Å². The summed E-state index contributed by atoms with van der Waals surface area (Å²) >= 11 is 0. The minimum atomic E-state index is -0.964. The highest BCUT2D eigenvalue weighted by Gasteiger charge is 2.22. The Hall–Kier alpha value is -1.79. The SMILES string of the molecule is CN1CCN(C)C(CNc2ccc(N)cc2C(=O)O)C1. The molecule has 0 aliphatic carbocycles. The summed E-state index contributed by atoms with van der Waals surface area (Å²) in [4.78, 5) is 15.8. The molecule has 1 aromatic rings. The molecule has 0 spiro atoms. The van der Waals surface area contributed by atoms with Crippen molar-refractivity contribution in [3.63, 3.8) is 0 Å². The molecule has 1 fully saturated rings. The molecule has 1 heterocycles. The molecular formula is C14H22N4O2. The number of benzene rings is 1. The number of hydrogen-bond donors (Lipinski definition) is 3. The van der Waals surface area contributed by atoms with Crippen LogP contribution in [-0.2, 0) is 0 Å². The van der Waals surface area contributed by atoms with Gasteiger partial charge in [0.05, 0.1) is 5.56 Å². The Morgan fingerprint density at radius 3 is 2.90 bits per heavy atom. The molecule has 1 aliphatic rings. The number of carboxylic acids is 1. The van der Waals surface area contributed by atoms with Gasteiger partial charge < -0.3 is 21.1 Å². The predicted octanol–water partition coefficient (Wildman–Crippen LogP) is 0.625. The van der Waals surface area contributed by atoms with Crippen molar-refractivity contribution < 1.29 is 9.90 Å². The summed E-state index contributed by atoms with van der Waals surface area (Å²) in [7, 11) is 4.20. The Balaban J connectivity index is 2.05. The highest BCUT2D eigenvalue weighted by atomic mass is 16.4. The fraction of sp³-hybridized carbons (Fsp3) is 0.500. The highest BCUT2D eigenvalue weighted by Crippen LogP contribution is 2.19. The van der Waals surface area contributed by atoms with Crippen LogP contribution < -0.4 is 11.1 Å². The second kappa shape index (κ2) is 6.11. The maximum Gasteiger partial charge on any atom is 0.337 e. The minimum Gasteiger partial charge on any atom is -0.478 e. The third kappa shape index (κ3) is 3.40. The molecule has 1 atom stereocenters. The zero-order valence-electron chi connectivity index (χ0n) is 12.0. The van der Waals surface area contributed by atoms with Crippen LogP contribution in [-0.4, -0.2) is 67.2 Å². The van der Waals surface area contributed by atoms with Gasteiger partial charge in [0.25, 0.3) is 0 Å². The van der Waals surface area contributed by atoms with Gasteiger partial charge in [0.2, 0.25) is 0 Å². The van der Waals surface area contributed by atoms with Gasteiger partial charge in [-0.1, -0.05) is 0 Å². The Morgan fingerprint density at radius 1 is 1.45 bits per heavy atom. The maximum absolute atomic E-state index is 11.2. The van der Waals surface area contributed by atoms with Gasteiger partial charge in [0.1, 0.15) is 0 Å². The molecule has 0 aromatic heterocycles. The quantitative estimate of drug-likeness (QED) is 0.701. The van der Waals surface area contributed by atoms with Crippen LogP contribution in [0, 0.1) is 0 Å². The lowest BCUT2D eigenvalue weighted by Gasteiger charge is -2.38. The van der Waals surface area contributed by atoms with Crippen LogP contribution in [0.2, 0.25) is 0 Å². The first-order valence-corrected chi connectivity index (χ1v) is 6.73. The van der Waals surface area contributed by atoms with Crippen LogP contribution in [0.1, 0.15) is 10.4 Å². The topological polar surface area (TPSA) is 81.8 Å². The van der Waals surface area contributed by atoms with E-state index < -0.39 is 5.97 Å². The summed E-state index contributed by atoms with van der Waals surface area (Å²) in [5.74, 6) is -0.964. The predicted molar refractivity (Wildman–Crippen MR) is 80.2 cm³/mol. The zero-order chi connectivity index (χ0) is 14.7. The lowest BCUT2D eigenvalue weighted by Crippen LogP contribution is -2.52. The summed E-state index contributed by atoms with van der Waals surface area (Å²) in [6, 6.07) is 5.30. The lowest BCUT2D eigenvalue weighted by molar-refractivity contribution is 0.0698. The number of nitrogens with two attached hydrogens (primary N) is 1. The third-order valence-electron chi connectivity index (χ3n) is 3.78. The zero-order valence-corrected chi connectivity index (χ0v) is 12.0. The first kappa shape index (κ1) is 14.6. The molecule has 1 unspecified atom stereocenters. The van der Waals surface area contributed by atoms with Crippen LogP contribution in [0.3, 0.4) is 0 Å². The minimum absolute atomic E-state index is 0.219. The number of carboxylic acid groups (broad SMARTS) is 1. The maximum atomic E-state index is 11.2. The van der Waals surface area contributed by atoms with Gasteiger partial charge in [-0.3, -0.25) is 4.90 Å². The van der Waals surface area contributed by atoms with Crippen molar-refractivity contribution in [3.05, 3.63) is 23.8 Å². The molecule has 4 N–H and O–H groups in total. The normalized spacial score (nSPS) is 20.8. The van der Waals surface area contributed by atoms with Crippen molar-refractivity contribution in [1.82, 2.24) is 9.80 Å². The third-order valence-corrected chi connectivity index (χ3v) is 3.78. The Labute approximate surface area is 119 Å². The number of piperazine rings is 1. The molecule has 6 nitrogen and oxygen atoms in total. The van der Waals surface area contributed by atoms with Gasteiger partial charge in [0.15, 0.2) is 0 Å². The van der Waals surface area contributed by atoms with Crippen molar-refractivity contribution in [1.29, 1.82) is 0 Å². The van der Waals surface area contributed by atoms with Crippen LogP contribution in [0.15, 0.2) is 18.2 Å². The average Bonchev–Trinajstić information content (AvgIpc) is 2.40. The number of likely N-dealkylation sites (N-methyl/N-ethyl adjacent to an activating group) is 2. The van der Waals surface area contributed by atoms with E-state index in [9.17, 15) is 9.90 Å². The summed E-state index contributed by atoms with van der Waals surface area (Å²) < 4.78 is 0. The van der Waals surface area contributed by atoms with Gasteiger partial charge in [0, 0.05) is 43.6 Å². The molecule has 0 saturated carbocycles. The standard InChI is InChI=1S/C14H22N4O2/c1-17-5-6-18(2)11(9-17)8-16-13-4-3-10(15)7-12(13)14(19)20/h3-4,7,11,16H,5-6,8-9,15H2,1-2H3,(H,19,20). The molecule has 0 bridgehead atoms. The van der Waals surface area contributed by atoms with E-state index in [1.807, 2.05) is 0 Å². The van der Waals surface area contributed by atoms with Crippen LogP contribution >= 0.6 is 0 Å². The molecule has 6 heteroatoms. The highest BCUT2D eigenvalue weighted by molar-refractivity contribution is 5.95. The number of nitrogens with one attached hydrogen (secondary N) is 1. The molecule has 0 amide bonds. The fourth-order valence-corrected chi connectivity index (χ4v) is 2.44. The second-order valence-corrected chi connectivity index (χ2v) is 5.39. The first-order valence-electron chi connectivity index (χ1n) is 6.73. The molecule has 1 aromatic carbocycles. The van der Waals surface area contributed by atoms with E-state index in [4.69, 9.17) is 5.73 Å². The summed E-state index contributed by atoms with van der Waals surface area (Å²) in [6.45, 7) is 3.78. The Morgan fingerprint density at radius 2 is 2.20 bits per heavy atom. The number of anilines is 2. The molecular weight excluding hydrogens is 256 g/mol. The van der Waals surface area contributed by atoms with Crippen LogP contribution in [0.5, 0.6) is 0 Å². The van der Waals surface area contributed by atoms with Crippen LogP contribution in [0.4, 0.5) is 11.4 Å². The Bertz CT molecular complexity index is 492. The van der Waals surface area contributed by atoms with Crippen molar-refractivity contribution in [2.75, 3.05) is 51.3 Å². The van der Waals surface area contributed by atoms with E-state index in [1.165, 1.54) is 6.07 Å². The van der Waals surface area contributed by atoms with Crippen LogP contribution in [0.25, 0.3) is 0 Å². The molecule has 1 aliphatic heterocycles. The smallest absolute Gasteiger partial charge is 0.337 e. The molecule has 2 rings (SSSR count). The number of hydrogen-bond acceptors (Lipinski definition) is 5. The van der Waals surface area contributed by atoms with Gasteiger partial charge in [-0.2, -0.15) is 0 Å². The van der Waals surface area contributed by atoms with E-state index in [0.29, 0.717) is 24.0 Å². The fourth-order valence-electron chi connectivity index (χ4n) is 2.44. The van der Waals surface area contributed by atoms with Crippen molar-refractivity contribution in [2.24, 2.45) is 0 Å². The van der Waals surface area contributed by atoms with Gasteiger partial charge in [-0.25, -0.2) is 4.79 Å². The van der Waals surface area contributed by atoms with E-state index in [1.54, 1.807) is 12.1 Å². The van der Waals surface area contributed by atoms with E-state index in [2.05, 4.69) is 29.2 Å². The summed E-state index contributed by atoms with van der Waals surface area (Å²) in [5, 5.41) is 12.4. The number of carbonyl (C=O) groups is 1. The molecule has 20 heavy (non-hydrogen) atoms. The van der Waals surface area contributed by atoms with Crippen molar-refractivity contribution >= 4 is 17.3 Å². The van der Waals surface area contributed by atoms with Gasteiger partial charge in [-0.05, 0) is 32.3 Å². The summed E-state index contributed by atoms with van der Waals surface area (Å²) in [5.41, 5.74) is 6.94. The van der Waals surface area contributed by atoms with E-state index >= 15 is 0 Å². The van der Waals surface area contributed by atoms with E-state index in [0.717, 1.165) is 19.6 Å². The van der Waals surface area contributed by atoms with Crippen molar-refractivity contribution in [3.8, 4) is 0 Å². The molecule has 1 saturated heterocycles. The number of nitrogens with zero attached hydrogens (tertiary/aromatic N) is 2. The molecule has 0 radical (unpaired) electrons. The summed E-state index contributed by atoms with van der Waals surface area (Å²) in [6.07, 6.45) is 0. The number of nitrogen functional groups attached to an aromatic ring is 1. The van der Waals surface area contributed by atoms with Gasteiger partial charge >= 0.3 is 5.97 Å².